The molecule has 1 aliphatic rings. The number of benzene rings is 2. The number of anilines is 1. The summed E-state index contributed by atoms with van der Waals surface area (Å²) >= 11 is 0. The zero-order valence-corrected chi connectivity index (χ0v) is 15.7. The largest absolute Gasteiger partial charge is 0.325 e. The molecule has 0 unspecified atom stereocenters. The van der Waals surface area contributed by atoms with Crippen molar-refractivity contribution < 1.29 is 13.2 Å². The minimum Gasteiger partial charge on any atom is -0.325 e. The molecular weight excluding hydrogens is 350 g/mol. The molecule has 0 heterocycles. The summed E-state index contributed by atoms with van der Waals surface area (Å²) in [7, 11) is -3.83. The van der Waals surface area contributed by atoms with Crippen LogP contribution in [0.3, 0.4) is 0 Å². The molecule has 2 aromatic carbocycles. The Morgan fingerprint density at radius 3 is 2.38 bits per heavy atom. The molecule has 7 heteroatoms. The lowest BCUT2D eigenvalue weighted by atomic mass is 10.1. The number of primary sulfonamides is 1. The summed E-state index contributed by atoms with van der Waals surface area (Å²) in [5.74, 6) is -0.221. The molecule has 4 N–H and O–H groups in total. The number of rotatable bonds is 6. The first-order chi connectivity index (χ1) is 12.2. The van der Waals surface area contributed by atoms with Crippen LogP contribution in [0.25, 0.3) is 0 Å². The van der Waals surface area contributed by atoms with E-state index in [1.54, 1.807) is 6.92 Å². The average Bonchev–Trinajstić information content (AvgIpc) is 3.38. The van der Waals surface area contributed by atoms with Crippen LogP contribution in [0.15, 0.2) is 47.4 Å². The molecule has 0 atom stereocenters. The molecule has 0 radical (unpaired) electrons. The number of hydrogen-bond acceptors (Lipinski definition) is 4. The van der Waals surface area contributed by atoms with Crippen molar-refractivity contribution in [1.82, 2.24) is 5.32 Å². The standard InChI is InChI=1S/C19H23N3O3S/c1-13-10-16(26(20,24)25)11-17(14(13)2)22-18(23)12-21-19(8-9-19)15-6-4-3-5-7-15/h3-7,10-11,21H,8-9,12H2,1-2H3,(H,22,23)(H2,20,24,25). The Balaban J connectivity index is 1.70. The van der Waals surface area contributed by atoms with Gasteiger partial charge in [0, 0.05) is 11.2 Å². The van der Waals surface area contributed by atoms with Gasteiger partial charge in [-0.25, -0.2) is 13.6 Å². The van der Waals surface area contributed by atoms with Crippen molar-refractivity contribution in [2.45, 2.75) is 37.1 Å². The summed E-state index contributed by atoms with van der Waals surface area (Å²) in [5.41, 5.74) is 3.07. The maximum absolute atomic E-state index is 12.4. The Bertz CT molecular complexity index is 936. The van der Waals surface area contributed by atoms with Gasteiger partial charge in [-0.05, 0) is 55.5 Å². The number of carbonyl (C=O) groups is 1. The summed E-state index contributed by atoms with van der Waals surface area (Å²) in [5, 5.41) is 11.3. The summed E-state index contributed by atoms with van der Waals surface area (Å²) in [6.07, 6.45) is 1.98. The van der Waals surface area contributed by atoms with Crippen molar-refractivity contribution in [2.24, 2.45) is 5.14 Å². The molecular formula is C19H23N3O3S. The van der Waals surface area contributed by atoms with E-state index in [-0.39, 0.29) is 22.9 Å². The third-order valence-electron chi connectivity index (χ3n) is 4.91. The maximum atomic E-state index is 12.4. The Morgan fingerprint density at radius 2 is 1.81 bits per heavy atom. The molecule has 138 valence electrons. The van der Waals surface area contributed by atoms with Crippen LogP contribution in [-0.4, -0.2) is 20.9 Å². The molecule has 1 fully saturated rings. The van der Waals surface area contributed by atoms with Crippen LogP contribution in [0.2, 0.25) is 0 Å². The van der Waals surface area contributed by atoms with Gasteiger partial charge in [0.25, 0.3) is 0 Å². The normalized spacial score (nSPS) is 15.5. The molecule has 26 heavy (non-hydrogen) atoms. The zero-order valence-electron chi connectivity index (χ0n) is 14.9. The predicted molar refractivity (Wildman–Crippen MR) is 101 cm³/mol. The highest BCUT2D eigenvalue weighted by molar-refractivity contribution is 7.89. The van der Waals surface area contributed by atoms with Gasteiger partial charge in [0.1, 0.15) is 0 Å². The molecule has 3 rings (SSSR count). The van der Waals surface area contributed by atoms with E-state index in [1.165, 1.54) is 17.7 Å². The third kappa shape index (κ3) is 3.95. The second-order valence-corrected chi connectivity index (χ2v) is 8.37. The second-order valence-electron chi connectivity index (χ2n) is 6.81. The van der Waals surface area contributed by atoms with Crippen molar-refractivity contribution in [3.63, 3.8) is 0 Å². The summed E-state index contributed by atoms with van der Waals surface area (Å²) in [6.45, 7) is 3.76. The highest BCUT2D eigenvalue weighted by Crippen LogP contribution is 2.45. The SMILES string of the molecule is Cc1cc(S(N)(=O)=O)cc(NC(=O)CNC2(c3ccccc3)CC2)c1C. The number of sulfonamides is 1. The van der Waals surface area contributed by atoms with E-state index >= 15 is 0 Å². The van der Waals surface area contributed by atoms with Gasteiger partial charge >= 0.3 is 0 Å². The van der Waals surface area contributed by atoms with Crippen molar-refractivity contribution >= 4 is 21.6 Å². The smallest absolute Gasteiger partial charge is 0.238 e. The van der Waals surface area contributed by atoms with E-state index in [2.05, 4.69) is 22.8 Å². The fourth-order valence-corrected chi connectivity index (χ4v) is 3.64. The minimum atomic E-state index is -3.83. The molecule has 1 saturated carbocycles. The molecule has 0 saturated heterocycles. The maximum Gasteiger partial charge on any atom is 0.238 e. The number of amides is 1. The van der Waals surface area contributed by atoms with Crippen molar-refractivity contribution in [1.29, 1.82) is 0 Å². The molecule has 0 aliphatic heterocycles. The molecule has 0 spiro atoms. The Kier molecular flexibility index (Phi) is 4.88. The lowest BCUT2D eigenvalue weighted by molar-refractivity contribution is -0.115. The predicted octanol–water partition coefficient (Wildman–Crippen LogP) is 2.17. The Labute approximate surface area is 153 Å². The van der Waals surface area contributed by atoms with Crippen LogP contribution < -0.4 is 15.8 Å². The van der Waals surface area contributed by atoms with E-state index in [9.17, 15) is 13.2 Å². The number of aryl methyl sites for hydroxylation is 1. The van der Waals surface area contributed by atoms with Gasteiger partial charge in [-0.1, -0.05) is 30.3 Å². The van der Waals surface area contributed by atoms with Gasteiger partial charge in [-0.2, -0.15) is 0 Å². The van der Waals surface area contributed by atoms with E-state index in [0.717, 1.165) is 24.0 Å². The Hall–Kier alpha value is -2.22. The van der Waals surface area contributed by atoms with Crippen molar-refractivity contribution in [3.8, 4) is 0 Å². The number of nitrogens with two attached hydrogens (primary N) is 1. The highest BCUT2D eigenvalue weighted by atomic mass is 32.2. The van der Waals surface area contributed by atoms with E-state index in [0.29, 0.717) is 5.69 Å². The number of hydrogen-bond donors (Lipinski definition) is 3. The first kappa shape index (κ1) is 18.6. The number of carbonyl (C=O) groups excluding carboxylic acids is 1. The third-order valence-corrected chi connectivity index (χ3v) is 5.80. The van der Waals surface area contributed by atoms with Gasteiger partial charge in [0.05, 0.1) is 11.4 Å². The average molecular weight is 373 g/mol. The van der Waals surface area contributed by atoms with Gasteiger partial charge in [-0.15, -0.1) is 0 Å². The van der Waals surface area contributed by atoms with Crippen LogP contribution in [0.4, 0.5) is 5.69 Å². The monoisotopic (exact) mass is 373 g/mol. The minimum absolute atomic E-state index is 0.00759. The molecule has 0 bridgehead atoms. The van der Waals surface area contributed by atoms with E-state index in [1.807, 2.05) is 25.1 Å². The molecule has 6 nitrogen and oxygen atoms in total. The Morgan fingerprint density at radius 1 is 1.15 bits per heavy atom. The second kappa shape index (κ2) is 6.83. The van der Waals surface area contributed by atoms with Crippen LogP contribution in [0.5, 0.6) is 0 Å². The first-order valence-electron chi connectivity index (χ1n) is 8.46. The topological polar surface area (TPSA) is 101 Å². The quantitative estimate of drug-likeness (QED) is 0.722. The molecule has 2 aromatic rings. The fraction of sp³-hybridized carbons (Fsp3) is 0.316. The zero-order chi connectivity index (χ0) is 18.9. The summed E-state index contributed by atoms with van der Waals surface area (Å²) in [6, 6.07) is 13.0. The molecule has 1 aliphatic carbocycles. The van der Waals surface area contributed by atoms with Crippen LogP contribution in [0, 0.1) is 13.8 Å². The van der Waals surface area contributed by atoms with Crippen LogP contribution in [-0.2, 0) is 20.4 Å². The first-order valence-corrected chi connectivity index (χ1v) is 10.0. The summed E-state index contributed by atoms with van der Waals surface area (Å²) in [4.78, 5) is 12.4. The van der Waals surface area contributed by atoms with Crippen molar-refractivity contribution in [3.05, 3.63) is 59.2 Å². The van der Waals surface area contributed by atoms with Gasteiger partial charge in [0.2, 0.25) is 15.9 Å². The summed E-state index contributed by atoms with van der Waals surface area (Å²) < 4.78 is 23.2. The lowest BCUT2D eigenvalue weighted by Gasteiger charge is -2.18. The van der Waals surface area contributed by atoms with Gasteiger partial charge in [0.15, 0.2) is 0 Å². The van der Waals surface area contributed by atoms with Crippen LogP contribution in [0.1, 0.15) is 29.5 Å². The highest BCUT2D eigenvalue weighted by Gasteiger charge is 2.43. The van der Waals surface area contributed by atoms with E-state index < -0.39 is 10.0 Å². The molecule has 0 aromatic heterocycles. The van der Waals surface area contributed by atoms with Crippen LogP contribution >= 0.6 is 0 Å². The lowest BCUT2D eigenvalue weighted by Crippen LogP contribution is -2.36. The number of nitrogens with one attached hydrogen (secondary N) is 2. The van der Waals surface area contributed by atoms with E-state index in [4.69, 9.17) is 5.14 Å². The van der Waals surface area contributed by atoms with Crippen molar-refractivity contribution in [2.75, 3.05) is 11.9 Å². The molecule has 1 amide bonds. The fourth-order valence-electron chi connectivity index (χ4n) is 3.01. The van der Waals surface area contributed by atoms with Gasteiger partial charge < -0.3 is 5.32 Å². The van der Waals surface area contributed by atoms with Gasteiger partial charge in [-0.3, -0.25) is 10.1 Å².